The average molecular weight is 576 g/mol. The first kappa shape index (κ1) is 29.9. The summed E-state index contributed by atoms with van der Waals surface area (Å²) in [6, 6.07) is 9.85. The summed E-state index contributed by atoms with van der Waals surface area (Å²) >= 11 is 0. The predicted molar refractivity (Wildman–Crippen MR) is 141 cm³/mol. The number of nitrogens with one attached hydrogen (secondary N) is 1. The molecule has 0 radical (unpaired) electrons. The summed E-state index contributed by atoms with van der Waals surface area (Å²) in [6.07, 6.45) is -4.11. The second-order valence-corrected chi connectivity index (χ2v) is 10.9. The van der Waals surface area contributed by atoms with Crippen molar-refractivity contribution in [1.29, 1.82) is 0 Å². The first-order valence-corrected chi connectivity index (χ1v) is 13.1. The summed E-state index contributed by atoms with van der Waals surface area (Å²) in [5.74, 6) is -1.21. The molecule has 0 saturated carbocycles. The molecule has 0 spiro atoms. The molecule has 2 N–H and O–H groups in total. The molecule has 1 fully saturated rings. The van der Waals surface area contributed by atoms with Gasteiger partial charge in [0.05, 0.1) is 23.8 Å². The number of phenolic OH excluding ortho intramolecular Hbond substituents is 1. The van der Waals surface area contributed by atoms with Gasteiger partial charge in [-0.1, -0.05) is 24.3 Å². The Morgan fingerprint density at radius 3 is 2.27 bits per heavy atom. The molecule has 1 saturated heterocycles. The minimum Gasteiger partial charge on any atom is -0.508 e. The SMILES string of the molecule is CCOC(=O)C1=CN2C(=O)C(Cc3ccc(C(F)(F)F)cc3)(NC(=O)OC(C)(C)C)CCN2C1c1ccc(O)cc1. The Labute approximate surface area is 235 Å². The highest BCUT2D eigenvalue weighted by Gasteiger charge is 2.53. The molecule has 4 rings (SSSR count). The molecule has 9 nitrogen and oxygen atoms in total. The number of alkyl halides is 3. The quantitative estimate of drug-likeness (QED) is 0.474. The van der Waals surface area contributed by atoms with Crippen LogP contribution < -0.4 is 5.32 Å². The van der Waals surface area contributed by atoms with Crippen molar-refractivity contribution in [2.75, 3.05) is 13.2 Å². The number of aromatic hydroxyl groups is 1. The topological polar surface area (TPSA) is 108 Å². The third-order valence-electron chi connectivity index (χ3n) is 6.76. The van der Waals surface area contributed by atoms with Crippen LogP contribution in [0.15, 0.2) is 60.3 Å². The van der Waals surface area contributed by atoms with Gasteiger partial charge in [-0.25, -0.2) is 19.6 Å². The molecule has 2 aromatic carbocycles. The number of carbonyl (C=O) groups is 3. The van der Waals surface area contributed by atoms with Gasteiger partial charge in [0.25, 0.3) is 5.91 Å². The van der Waals surface area contributed by atoms with Crippen LogP contribution in [0, 0.1) is 0 Å². The van der Waals surface area contributed by atoms with Gasteiger partial charge < -0.3 is 19.9 Å². The van der Waals surface area contributed by atoms with Crippen molar-refractivity contribution in [3.63, 3.8) is 0 Å². The van der Waals surface area contributed by atoms with Crippen molar-refractivity contribution >= 4 is 18.0 Å². The van der Waals surface area contributed by atoms with Gasteiger partial charge in [-0.3, -0.25) is 4.79 Å². The molecule has 41 heavy (non-hydrogen) atoms. The van der Waals surface area contributed by atoms with E-state index in [2.05, 4.69) is 5.32 Å². The van der Waals surface area contributed by atoms with Crippen molar-refractivity contribution in [2.45, 2.75) is 63.9 Å². The summed E-state index contributed by atoms with van der Waals surface area (Å²) in [4.78, 5) is 40.1. The van der Waals surface area contributed by atoms with Gasteiger partial charge in [0, 0.05) is 19.2 Å². The first-order valence-electron chi connectivity index (χ1n) is 13.1. The van der Waals surface area contributed by atoms with E-state index in [4.69, 9.17) is 9.47 Å². The number of halogens is 3. The Kier molecular flexibility index (Phi) is 8.08. The zero-order valence-corrected chi connectivity index (χ0v) is 23.1. The minimum atomic E-state index is -4.53. The monoisotopic (exact) mass is 575 g/mol. The molecular formula is C29H32F3N3O6. The zero-order valence-electron chi connectivity index (χ0n) is 23.1. The zero-order chi connectivity index (χ0) is 30.2. The van der Waals surface area contributed by atoms with Crippen LogP contribution in [0.2, 0.25) is 0 Å². The normalized spacial score (nSPS) is 21.2. The highest BCUT2D eigenvalue weighted by molar-refractivity contribution is 5.96. The maximum absolute atomic E-state index is 14.2. The Morgan fingerprint density at radius 1 is 1.07 bits per heavy atom. The largest absolute Gasteiger partial charge is 0.508 e. The Bertz CT molecular complexity index is 1340. The first-order chi connectivity index (χ1) is 19.1. The number of ether oxygens (including phenoxy) is 2. The fourth-order valence-electron chi connectivity index (χ4n) is 4.98. The van der Waals surface area contributed by atoms with Crippen molar-refractivity contribution < 1.29 is 42.1 Å². The molecule has 0 aromatic heterocycles. The van der Waals surface area contributed by atoms with Crippen molar-refractivity contribution in [3.8, 4) is 5.75 Å². The molecule has 0 aliphatic carbocycles. The van der Waals surface area contributed by atoms with Crippen molar-refractivity contribution in [3.05, 3.63) is 77.0 Å². The van der Waals surface area contributed by atoms with E-state index < -0.39 is 46.9 Å². The third-order valence-corrected chi connectivity index (χ3v) is 6.76. The van der Waals surface area contributed by atoms with Gasteiger partial charge in [-0.2, -0.15) is 13.2 Å². The summed E-state index contributed by atoms with van der Waals surface area (Å²) in [5.41, 5.74) is -2.13. The summed E-state index contributed by atoms with van der Waals surface area (Å²) < 4.78 is 50.1. The van der Waals surface area contributed by atoms with Crippen LogP contribution in [0.1, 0.15) is 56.8 Å². The van der Waals surface area contributed by atoms with Gasteiger partial charge in [-0.05, 0) is 69.5 Å². The molecule has 2 unspecified atom stereocenters. The van der Waals surface area contributed by atoms with E-state index >= 15 is 0 Å². The van der Waals surface area contributed by atoms with Crippen LogP contribution in [0.5, 0.6) is 5.75 Å². The number of alkyl carbamates (subject to hydrolysis) is 1. The number of nitrogens with zero attached hydrogens (tertiary/aromatic N) is 2. The number of fused-ring (bicyclic) bond motifs is 1. The summed E-state index contributed by atoms with van der Waals surface area (Å²) in [6.45, 7) is 6.92. The molecule has 2 aliphatic rings. The molecule has 2 aromatic rings. The fraction of sp³-hybridized carbons (Fsp3) is 0.414. The van der Waals surface area contributed by atoms with Gasteiger partial charge in [0.2, 0.25) is 0 Å². The number of phenols is 1. The molecule has 2 heterocycles. The number of benzene rings is 2. The lowest BCUT2D eigenvalue weighted by Crippen LogP contribution is -2.67. The molecule has 0 bridgehead atoms. The van der Waals surface area contributed by atoms with E-state index in [0.29, 0.717) is 11.1 Å². The Morgan fingerprint density at radius 2 is 1.71 bits per heavy atom. The number of hydrogen-bond acceptors (Lipinski definition) is 7. The van der Waals surface area contributed by atoms with E-state index in [9.17, 15) is 32.7 Å². The van der Waals surface area contributed by atoms with Gasteiger partial charge in [0.15, 0.2) is 0 Å². The summed E-state index contributed by atoms with van der Waals surface area (Å²) in [5, 5.41) is 15.4. The van der Waals surface area contributed by atoms with Crippen LogP contribution in [0.4, 0.5) is 18.0 Å². The van der Waals surface area contributed by atoms with E-state index in [1.165, 1.54) is 35.5 Å². The highest BCUT2D eigenvalue weighted by atomic mass is 19.4. The molecule has 2 amide bonds. The molecule has 220 valence electrons. The van der Waals surface area contributed by atoms with E-state index in [0.717, 1.165) is 12.1 Å². The van der Waals surface area contributed by atoms with Gasteiger partial charge in [0.1, 0.15) is 16.9 Å². The number of carbonyl (C=O) groups excluding carboxylic acids is 3. The van der Waals surface area contributed by atoms with Crippen molar-refractivity contribution in [1.82, 2.24) is 15.3 Å². The number of hydrazine groups is 1. The second-order valence-electron chi connectivity index (χ2n) is 10.9. The minimum absolute atomic E-state index is 0.0251. The molecular weight excluding hydrogens is 543 g/mol. The van der Waals surface area contributed by atoms with E-state index in [-0.39, 0.29) is 37.3 Å². The van der Waals surface area contributed by atoms with Crippen LogP contribution in [-0.4, -0.2) is 57.4 Å². The lowest BCUT2D eigenvalue weighted by atomic mass is 9.84. The predicted octanol–water partition coefficient (Wildman–Crippen LogP) is 4.87. The lowest BCUT2D eigenvalue weighted by molar-refractivity contribution is -0.159. The second kappa shape index (κ2) is 11.1. The van der Waals surface area contributed by atoms with E-state index in [1.54, 1.807) is 44.8 Å². The van der Waals surface area contributed by atoms with Crippen molar-refractivity contribution in [2.24, 2.45) is 0 Å². The van der Waals surface area contributed by atoms with E-state index in [1.807, 2.05) is 0 Å². The molecule has 2 atom stereocenters. The van der Waals surface area contributed by atoms with Crippen LogP contribution in [-0.2, 0) is 31.7 Å². The maximum atomic E-state index is 14.2. The third kappa shape index (κ3) is 6.48. The molecule has 12 heteroatoms. The fourth-order valence-corrected chi connectivity index (χ4v) is 4.98. The highest BCUT2D eigenvalue weighted by Crippen LogP contribution is 2.42. The number of hydrogen-bond donors (Lipinski definition) is 2. The maximum Gasteiger partial charge on any atom is 0.416 e. The average Bonchev–Trinajstić information content (AvgIpc) is 3.26. The van der Waals surface area contributed by atoms with Crippen LogP contribution in [0.3, 0.4) is 0 Å². The number of amides is 2. The Hall–Kier alpha value is -4.06. The summed E-state index contributed by atoms with van der Waals surface area (Å²) in [7, 11) is 0. The Balaban J connectivity index is 1.73. The number of rotatable bonds is 6. The smallest absolute Gasteiger partial charge is 0.416 e. The van der Waals surface area contributed by atoms with Gasteiger partial charge in [-0.15, -0.1) is 0 Å². The standard InChI is InChI=1S/C29H32F3N3O6/c1-5-40-24(37)22-17-35-25(38)28(33-26(39)41-27(2,3)4,16-18-6-10-20(11-7-18)29(30,31)32)14-15-34(35)23(22)19-8-12-21(36)13-9-19/h6-13,17,23,36H,5,14-16H2,1-4H3,(H,33,39). The lowest BCUT2D eigenvalue weighted by Gasteiger charge is -2.46. The van der Waals surface area contributed by atoms with Crippen LogP contribution >= 0.6 is 0 Å². The number of esters is 1. The molecule has 2 aliphatic heterocycles. The van der Waals surface area contributed by atoms with Crippen LogP contribution in [0.25, 0.3) is 0 Å². The van der Waals surface area contributed by atoms with Gasteiger partial charge >= 0.3 is 18.2 Å².